The van der Waals surface area contributed by atoms with E-state index in [9.17, 15) is 4.79 Å². The summed E-state index contributed by atoms with van der Waals surface area (Å²) >= 11 is 1.60. The number of amides is 1. The largest absolute Gasteiger partial charge is 0.312 e. The molecular weight excluding hydrogens is 244 g/mol. The van der Waals surface area contributed by atoms with Gasteiger partial charge in [0.2, 0.25) is 5.91 Å². The molecule has 0 saturated carbocycles. The fourth-order valence-corrected chi connectivity index (χ4v) is 2.42. The molecule has 3 nitrogen and oxygen atoms in total. The Hall–Kier alpha value is -1.47. The zero-order valence-corrected chi connectivity index (χ0v) is 11.4. The Morgan fingerprint density at radius 2 is 2.11 bits per heavy atom. The zero-order valence-electron chi connectivity index (χ0n) is 10.6. The number of hydrogen-bond donors (Lipinski definition) is 0. The van der Waals surface area contributed by atoms with Gasteiger partial charge >= 0.3 is 0 Å². The maximum Gasteiger partial charge on any atom is 0.236 e. The van der Waals surface area contributed by atoms with E-state index in [0.29, 0.717) is 18.7 Å². The van der Waals surface area contributed by atoms with Gasteiger partial charge in [0.1, 0.15) is 0 Å². The quantitative estimate of drug-likeness (QED) is 0.709. The van der Waals surface area contributed by atoms with E-state index in [2.05, 4.69) is 6.07 Å². The summed E-state index contributed by atoms with van der Waals surface area (Å²) < 4.78 is 0. The Morgan fingerprint density at radius 1 is 1.39 bits per heavy atom. The lowest BCUT2D eigenvalue weighted by molar-refractivity contribution is -0.116. The highest BCUT2D eigenvalue weighted by Crippen LogP contribution is 2.15. The van der Waals surface area contributed by atoms with Crippen LogP contribution in [0.2, 0.25) is 0 Å². The molecule has 0 atom stereocenters. The summed E-state index contributed by atoms with van der Waals surface area (Å²) in [4.78, 5) is 13.8. The Balaban J connectivity index is 2.42. The molecule has 1 rings (SSSR count). The summed E-state index contributed by atoms with van der Waals surface area (Å²) in [5.74, 6) is 1.48. The fourth-order valence-electron chi connectivity index (χ4n) is 1.60. The number of para-hydroxylation sites is 1. The Morgan fingerprint density at radius 3 is 2.72 bits per heavy atom. The van der Waals surface area contributed by atoms with Crippen LogP contribution < -0.4 is 4.90 Å². The molecule has 0 N–H and O–H groups in total. The second kappa shape index (κ2) is 8.60. The fraction of sp³-hybridized carbons (Fsp3) is 0.429. The second-order valence-corrected chi connectivity index (χ2v) is 4.89. The molecule has 0 radical (unpaired) electrons. The summed E-state index contributed by atoms with van der Waals surface area (Å²) in [6, 6.07) is 11.8. The van der Waals surface area contributed by atoms with E-state index >= 15 is 0 Å². The Labute approximate surface area is 113 Å². The van der Waals surface area contributed by atoms with Gasteiger partial charge in [-0.05, 0) is 31.2 Å². The van der Waals surface area contributed by atoms with E-state index in [0.717, 1.165) is 17.9 Å². The van der Waals surface area contributed by atoms with Crippen molar-refractivity contribution >= 4 is 23.4 Å². The van der Waals surface area contributed by atoms with Crippen molar-refractivity contribution in [2.24, 2.45) is 0 Å². The van der Waals surface area contributed by atoms with Gasteiger partial charge in [-0.15, -0.1) is 0 Å². The average Bonchev–Trinajstić information content (AvgIpc) is 2.40. The van der Waals surface area contributed by atoms with Crippen molar-refractivity contribution in [2.75, 3.05) is 23.0 Å². The van der Waals surface area contributed by atoms with Crippen LogP contribution >= 0.6 is 11.8 Å². The minimum Gasteiger partial charge on any atom is -0.312 e. The Bertz CT molecular complexity index is 400. The number of benzene rings is 1. The van der Waals surface area contributed by atoms with Crippen molar-refractivity contribution in [3.63, 3.8) is 0 Å². The van der Waals surface area contributed by atoms with Gasteiger partial charge in [-0.2, -0.15) is 17.0 Å². The molecular formula is C14H18N2OS. The van der Waals surface area contributed by atoms with Gasteiger partial charge < -0.3 is 4.90 Å². The molecule has 0 heterocycles. The lowest BCUT2D eigenvalue weighted by atomic mass is 10.3. The summed E-state index contributed by atoms with van der Waals surface area (Å²) in [5, 5.41) is 8.42. The third kappa shape index (κ3) is 4.80. The number of nitrogens with zero attached hydrogens (tertiary/aromatic N) is 2. The summed E-state index contributed by atoms with van der Waals surface area (Å²) in [5.41, 5.74) is 0.947. The van der Waals surface area contributed by atoms with Crippen molar-refractivity contribution in [1.82, 2.24) is 0 Å². The number of anilines is 1. The predicted molar refractivity (Wildman–Crippen MR) is 76.6 cm³/mol. The van der Waals surface area contributed by atoms with Crippen LogP contribution in [0.1, 0.15) is 19.8 Å². The van der Waals surface area contributed by atoms with Crippen molar-refractivity contribution in [3.05, 3.63) is 30.3 Å². The maximum atomic E-state index is 12.0. The van der Waals surface area contributed by atoms with Crippen molar-refractivity contribution in [2.45, 2.75) is 19.8 Å². The van der Waals surface area contributed by atoms with E-state index in [1.165, 1.54) is 0 Å². The van der Waals surface area contributed by atoms with Crippen molar-refractivity contribution in [3.8, 4) is 6.07 Å². The van der Waals surface area contributed by atoms with Gasteiger partial charge in [0.05, 0.1) is 11.8 Å². The van der Waals surface area contributed by atoms with Crippen LogP contribution in [0.5, 0.6) is 0 Å². The van der Waals surface area contributed by atoms with Crippen LogP contribution in [0.3, 0.4) is 0 Å². The number of carbonyl (C=O) groups is 1. The van der Waals surface area contributed by atoms with Crippen molar-refractivity contribution in [1.29, 1.82) is 5.26 Å². The van der Waals surface area contributed by atoms with Gasteiger partial charge in [-0.1, -0.05) is 18.2 Å². The smallest absolute Gasteiger partial charge is 0.236 e. The van der Waals surface area contributed by atoms with Crippen LogP contribution in [0, 0.1) is 11.3 Å². The van der Waals surface area contributed by atoms with Crippen LogP contribution in [-0.4, -0.2) is 24.0 Å². The molecule has 0 aromatic heterocycles. The monoisotopic (exact) mass is 262 g/mol. The molecule has 1 aromatic carbocycles. The topological polar surface area (TPSA) is 44.1 Å². The van der Waals surface area contributed by atoms with Gasteiger partial charge in [0, 0.05) is 18.7 Å². The van der Waals surface area contributed by atoms with Crippen LogP contribution in [-0.2, 0) is 4.79 Å². The SMILES string of the molecule is CCN(C(=O)CSCCCC#N)c1ccccc1. The molecule has 0 aliphatic rings. The molecule has 0 unspecified atom stereocenters. The molecule has 0 fully saturated rings. The molecule has 18 heavy (non-hydrogen) atoms. The first-order valence-electron chi connectivity index (χ1n) is 6.09. The lowest BCUT2D eigenvalue weighted by Gasteiger charge is -2.20. The highest BCUT2D eigenvalue weighted by atomic mass is 32.2. The number of thioether (sulfide) groups is 1. The molecule has 4 heteroatoms. The molecule has 0 bridgehead atoms. The highest BCUT2D eigenvalue weighted by molar-refractivity contribution is 7.99. The number of rotatable bonds is 7. The van der Waals surface area contributed by atoms with E-state index in [1.807, 2.05) is 37.3 Å². The molecule has 96 valence electrons. The highest BCUT2D eigenvalue weighted by Gasteiger charge is 2.12. The Kier molecular flexibility index (Phi) is 6.97. The van der Waals surface area contributed by atoms with Gasteiger partial charge in [0.25, 0.3) is 0 Å². The third-order valence-electron chi connectivity index (χ3n) is 2.49. The van der Waals surface area contributed by atoms with Gasteiger partial charge in [-0.3, -0.25) is 4.79 Å². The van der Waals surface area contributed by atoms with Crippen LogP contribution in [0.25, 0.3) is 0 Å². The summed E-state index contributed by atoms with van der Waals surface area (Å²) in [6.45, 7) is 2.66. The first kappa shape index (κ1) is 14.6. The average molecular weight is 262 g/mol. The van der Waals surface area contributed by atoms with E-state index in [4.69, 9.17) is 5.26 Å². The maximum absolute atomic E-state index is 12.0. The zero-order chi connectivity index (χ0) is 13.2. The molecule has 0 saturated heterocycles. The lowest BCUT2D eigenvalue weighted by Crippen LogP contribution is -2.32. The molecule has 0 aliphatic carbocycles. The molecule has 1 aromatic rings. The molecule has 0 spiro atoms. The number of carbonyl (C=O) groups excluding carboxylic acids is 1. The first-order valence-corrected chi connectivity index (χ1v) is 7.25. The van der Waals surface area contributed by atoms with E-state index in [-0.39, 0.29) is 5.91 Å². The number of nitriles is 1. The van der Waals surface area contributed by atoms with Gasteiger partial charge in [-0.25, -0.2) is 0 Å². The van der Waals surface area contributed by atoms with Crippen molar-refractivity contribution < 1.29 is 4.79 Å². The molecule has 1 amide bonds. The van der Waals surface area contributed by atoms with Crippen LogP contribution in [0.15, 0.2) is 30.3 Å². The number of unbranched alkanes of at least 4 members (excludes halogenated alkanes) is 1. The molecule has 0 aliphatic heterocycles. The number of hydrogen-bond acceptors (Lipinski definition) is 3. The summed E-state index contributed by atoms with van der Waals surface area (Å²) in [7, 11) is 0. The second-order valence-electron chi connectivity index (χ2n) is 3.79. The first-order chi connectivity index (χ1) is 8.79. The standard InChI is InChI=1S/C14H18N2OS/c1-2-16(13-8-4-3-5-9-13)14(17)12-18-11-7-6-10-15/h3-5,8-9H,2,6-7,11-12H2,1H3. The predicted octanol–water partition coefficient (Wildman–Crippen LogP) is 3.08. The minimum atomic E-state index is 0.130. The normalized spacial score (nSPS) is 9.78. The van der Waals surface area contributed by atoms with Gasteiger partial charge in [0.15, 0.2) is 0 Å². The van der Waals surface area contributed by atoms with E-state index in [1.54, 1.807) is 16.7 Å². The van der Waals surface area contributed by atoms with Crippen LogP contribution in [0.4, 0.5) is 5.69 Å². The minimum absolute atomic E-state index is 0.130. The van der Waals surface area contributed by atoms with E-state index < -0.39 is 0 Å². The summed E-state index contributed by atoms with van der Waals surface area (Å²) in [6.07, 6.45) is 1.42. The third-order valence-corrected chi connectivity index (χ3v) is 3.52.